The van der Waals surface area contributed by atoms with E-state index in [9.17, 15) is 9.59 Å². The van der Waals surface area contributed by atoms with Crippen molar-refractivity contribution in [2.45, 2.75) is 64.7 Å². The van der Waals surface area contributed by atoms with Crippen molar-refractivity contribution in [2.75, 3.05) is 5.75 Å². The lowest BCUT2D eigenvalue weighted by molar-refractivity contribution is -0.120. The van der Waals surface area contributed by atoms with E-state index in [1.807, 2.05) is 20.8 Å². The monoisotopic (exact) mass is 409 g/mol. The quantitative estimate of drug-likeness (QED) is 0.515. The lowest BCUT2D eigenvalue weighted by Crippen LogP contribution is -2.43. The van der Waals surface area contributed by atoms with Crippen LogP contribution >= 0.6 is 23.4 Å². The summed E-state index contributed by atoms with van der Waals surface area (Å²) in [4.78, 5) is 29.9. The third-order valence-corrected chi connectivity index (χ3v) is 5.72. The Hall–Kier alpha value is -1.53. The standard InChI is InChI=1S/C20H28ClN3O2S/c1-6-20(4,5)23-17(25)12-27-19-22-16-11-14(21)7-8-15(16)18(26)24(19)10-9-13(2)3/h7-8,11,13H,6,9-10,12H2,1-5H3,(H,23,25). The minimum absolute atomic E-state index is 0.0669. The van der Waals surface area contributed by atoms with Crippen LogP contribution in [0.15, 0.2) is 28.2 Å². The maximum atomic E-state index is 13.0. The van der Waals surface area contributed by atoms with Gasteiger partial charge in [-0.25, -0.2) is 4.98 Å². The van der Waals surface area contributed by atoms with Gasteiger partial charge >= 0.3 is 0 Å². The first kappa shape index (κ1) is 21.8. The molecule has 2 rings (SSSR count). The molecule has 1 amide bonds. The molecule has 0 radical (unpaired) electrons. The number of benzene rings is 1. The number of rotatable bonds is 8. The van der Waals surface area contributed by atoms with E-state index in [1.54, 1.807) is 22.8 Å². The van der Waals surface area contributed by atoms with Gasteiger partial charge in [0.2, 0.25) is 5.91 Å². The van der Waals surface area contributed by atoms with Crippen LogP contribution in [0.25, 0.3) is 10.9 Å². The molecule has 27 heavy (non-hydrogen) atoms. The number of fused-ring (bicyclic) bond motifs is 1. The molecule has 1 heterocycles. The molecule has 0 aliphatic heterocycles. The third-order valence-electron chi connectivity index (χ3n) is 4.51. The summed E-state index contributed by atoms with van der Waals surface area (Å²) in [7, 11) is 0. The van der Waals surface area contributed by atoms with Gasteiger partial charge in [0.25, 0.3) is 5.56 Å². The van der Waals surface area contributed by atoms with Gasteiger partial charge in [-0.15, -0.1) is 0 Å². The average Bonchev–Trinajstić information content (AvgIpc) is 2.58. The number of halogens is 1. The van der Waals surface area contributed by atoms with Gasteiger partial charge < -0.3 is 5.32 Å². The largest absolute Gasteiger partial charge is 0.351 e. The zero-order valence-corrected chi connectivity index (χ0v) is 18.2. The average molecular weight is 410 g/mol. The summed E-state index contributed by atoms with van der Waals surface area (Å²) in [6.45, 7) is 10.8. The lowest BCUT2D eigenvalue weighted by Gasteiger charge is -2.24. The summed E-state index contributed by atoms with van der Waals surface area (Å²) >= 11 is 7.35. The fourth-order valence-electron chi connectivity index (χ4n) is 2.50. The summed E-state index contributed by atoms with van der Waals surface area (Å²) in [5, 5.41) is 4.65. The van der Waals surface area contributed by atoms with Gasteiger partial charge in [-0.05, 0) is 50.8 Å². The molecule has 0 spiro atoms. The van der Waals surface area contributed by atoms with Crippen molar-refractivity contribution >= 4 is 40.2 Å². The molecule has 148 valence electrons. The summed E-state index contributed by atoms with van der Waals surface area (Å²) in [5.74, 6) is 0.607. The number of nitrogens with zero attached hydrogens (tertiary/aromatic N) is 2. The maximum Gasteiger partial charge on any atom is 0.262 e. The third kappa shape index (κ3) is 5.98. The highest BCUT2D eigenvalue weighted by atomic mass is 35.5. The minimum atomic E-state index is -0.251. The van der Waals surface area contributed by atoms with Gasteiger partial charge in [-0.1, -0.05) is 44.1 Å². The van der Waals surface area contributed by atoms with E-state index in [0.717, 1.165) is 12.8 Å². The molecule has 7 heteroatoms. The number of carbonyl (C=O) groups is 1. The molecule has 0 fully saturated rings. The Balaban J connectivity index is 2.33. The van der Waals surface area contributed by atoms with Crippen LogP contribution in [0.2, 0.25) is 5.02 Å². The smallest absolute Gasteiger partial charge is 0.262 e. The molecule has 0 bridgehead atoms. The molecule has 0 unspecified atom stereocenters. The number of thioether (sulfide) groups is 1. The first-order chi connectivity index (χ1) is 12.6. The second-order valence-electron chi connectivity index (χ2n) is 7.77. The van der Waals surface area contributed by atoms with E-state index < -0.39 is 0 Å². The van der Waals surface area contributed by atoms with Gasteiger partial charge in [0.05, 0.1) is 16.7 Å². The molecule has 0 saturated heterocycles. The van der Waals surface area contributed by atoms with E-state index in [1.165, 1.54) is 11.8 Å². The predicted molar refractivity (Wildman–Crippen MR) is 114 cm³/mol. The highest BCUT2D eigenvalue weighted by Gasteiger charge is 2.19. The van der Waals surface area contributed by atoms with Crippen LogP contribution in [0.1, 0.15) is 47.5 Å². The first-order valence-electron chi connectivity index (χ1n) is 9.27. The normalized spacial score (nSPS) is 12.0. The molecule has 5 nitrogen and oxygen atoms in total. The second kappa shape index (κ2) is 9.11. The van der Waals surface area contributed by atoms with E-state index in [4.69, 9.17) is 11.6 Å². The van der Waals surface area contributed by atoms with Gasteiger partial charge in [0.1, 0.15) is 0 Å². The molecule has 0 aliphatic carbocycles. The van der Waals surface area contributed by atoms with Gasteiger partial charge in [-0.2, -0.15) is 0 Å². The Labute approximate surface area is 169 Å². The molecule has 0 atom stereocenters. The summed E-state index contributed by atoms with van der Waals surface area (Å²) in [6.07, 6.45) is 1.71. The zero-order chi connectivity index (χ0) is 20.2. The topological polar surface area (TPSA) is 64.0 Å². The van der Waals surface area contributed by atoms with E-state index in [-0.39, 0.29) is 22.8 Å². The number of nitrogens with one attached hydrogen (secondary N) is 1. The van der Waals surface area contributed by atoms with E-state index >= 15 is 0 Å². The highest BCUT2D eigenvalue weighted by Crippen LogP contribution is 2.21. The Morgan fingerprint density at radius 3 is 2.70 bits per heavy atom. The fraction of sp³-hybridized carbons (Fsp3) is 0.550. The van der Waals surface area contributed by atoms with Crippen LogP contribution in [0.4, 0.5) is 0 Å². The van der Waals surface area contributed by atoms with Gasteiger partial charge in [0.15, 0.2) is 5.16 Å². The minimum Gasteiger partial charge on any atom is -0.351 e. The van der Waals surface area contributed by atoms with E-state index in [2.05, 4.69) is 24.1 Å². The van der Waals surface area contributed by atoms with Crippen molar-refractivity contribution in [2.24, 2.45) is 5.92 Å². The Kier molecular flexibility index (Phi) is 7.34. The van der Waals surface area contributed by atoms with Crippen molar-refractivity contribution in [1.82, 2.24) is 14.9 Å². The summed E-state index contributed by atoms with van der Waals surface area (Å²) < 4.78 is 1.68. The molecule has 1 aromatic carbocycles. The van der Waals surface area contributed by atoms with Crippen LogP contribution < -0.4 is 10.9 Å². The first-order valence-corrected chi connectivity index (χ1v) is 10.6. The summed E-state index contributed by atoms with van der Waals surface area (Å²) in [5.41, 5.74) is 0.221. The van der Waals surface area contributed by atoms with Gasteiger partial charge in [-0.3, -0.25) is 14.2 Å². The number of hydrogen-bond acceptors (Lipinski definition) is 4. The maximum absolute atomic E-state index is 13.0. The van der Waals surface area contributed by atoms with Crippen LogP contribution in [-0.2, 0) is 11.3 Å². The van der Waals surface area contributed by atoms with Gasteiger partial charge in [0, 0.05) is 17.1 Å². The molecule has 2 aromatic rings. The Bertz CT molecular complexity index is 877. The molecular weight excluding hydrogens is 382 g/mol. The number of carbonyl (C=O) groups excluding carboxylic acids is 1. The fourth-order valence-corrected chi connectivity index (χ4v) is 3.49. The molecule has 1 N–H and O–H groups in total. The second-order valence-corrected chi connectivity index (χ2v) is 9.15. The van der Waals surface area contributed by atoms with Crippen LogP contribution in [0.3, 0.4) is 0 Å². The van der Waals surface area contributed by atoms with Crippen LogP contribution in [-0.4, -0.2) is 26.8 Å². The Morgan fingerprint density at radius 1 is 1.37 bits per heavy atom. The summed E-state index contributed by atoms with van der Waals surface area (Å²) in [6, 6.07) is 5.10. The molecule has 0 saturated carbocycles. The number of aromatic nitrogens is 2. The SMILES string of the molecule is CCC(C)(C)NC(=O)CSc1nc2cc(Cl)ccc2c(=O)n1CCC(C)C. The molecule has 0 aliphatic rings. The van der Waals surface area contributed by atoms with Crippen LogP contribution in [0.5, 0.6) is 0 Å². The number of hydrogen-bond donors (Lipinski definition) is 1. The lowest BCUT2D eigenvalue weighted by atomic mass is 10.0. The zero-order valence-electron chi connectivity index (χ0n) is 16.6. The van der Waals surface area contributed by atoms with E-state index in [0.29, 0.717) is 33.5 Å². The van der Waals surface area contributed by atoms with Crippen LogP contribution in [0, 0.1) is 5.92 Å². The highest BCUT2D eigenvalue weighted by molar-refractivity contribution is 7.99. The predicted octanol–water partition coefficient (Wildman–Crippen LogP) is 4.49. The molecular formula is C20H28ClN3O2S. The Morgan fingerprint density at radius 2 is 2.07 bits per heavy atom. The number of amides is 1. The van der Waals surface area contributed by atoms with Crippen molar-refractivity contribution in [1.29, 1.82) is 0 Å². The van der Waals surface area contributed by atoms with Crippen molar-refractivity contribution < 1.29 is 4.79 Å². The van der Waals surface area contributed by atoms with Crippen molar-refractivity contribution in [3.8, 4) is 0 Å². The van der Waals surface area contributed by atoms with Crippen molar-refractivity contribution in [3.05, 3.63) is 33.6 Å². The molecule has 1 aromatic heterocycles. The van der Waals surface area contributed by atoms with Crippen molar-refractivity contribution in [3.63, 3.8) is 0 Å².